The molecule has 3 unspecified atom stereocenters. The van der Waals surface area contributed by atoms with E-state index >= 15 is 0 Å². The van der Waals surface area contributed by atoms with Crippen LogP contribution in [0.3, 0.4) is 0 Å². The fourth-order valence-electron chi connectivity index (χ4n) is 2.79. The van der Waals surface area contributed by atoms with Gasteiger partial charge in [0.25, 0.3) is 0 Å². The zero-order chi connectivity index (χ0) is 12.0. The number of aliphatic hydroxyl groups excluding tert-OH is 1. The summed E-state index contributed by atoms with van der Waals surface area (Å²) >= 11 is 0. The SMILES string of the molecule is CCNCC(O)CN(C)C1CCCCC1C. The van der Waals surface area contributed by atoms with Gasteiger partial charge in [-0.2, -0.15) is 0 Å². The second-order valence-corrected chi connectivity index (χ2v) is 5.23. The van der Waals surface area contributed by atoms with Crippen LogP contribution >= 0.6 is 0 Å². The van der Waals surface area contributed by atoms with E-state index in [2.05, 4.69) is 31.1 Å². The van der Waals surface area contributed by atoms with E-state index in [1.807, 2.05) is 0 Å². The Labute approximate surface area is 100 Å². The van der Waals surface area contributed by atoms with E-state index in [1.165, 1.54) is 25.7 Å². The van der Waals surface area contributed by atoms with Crippen molar-refractivity contribution in [3.63, 3.8) is 0 Å². The number of aliphatic hydroxyl groups is 1. The molecule has 1 saturated carbocycles. The van der Waals surface area contributed by atoms with Crippen molar-refractivity contribution in [2.45, 2.75) is 51.7 Å². The standard InChI is InChI=1S/C13H28N2O/c1-4-14-9-12(16)10-15(3)13-8-6-5-7-11(13)2/h11-14,16H,4-10H2,1-3H3. The van der Waals surface area contributed by atoms with Crippen LogP contribution in [0.25, 0.3) is 0 Å². The van der Waals surface area contributed by atoms with Crippen molar-refractivity contribution >= 4 is 0 Å². The molecule has 1 aliphatic carbocycles. The number of rotatable bonds is 6. The van der Waals surface area contributed by atoms with Crippen molar-refractivity contribution in [3.8, 4) is 0 Å². The molecule has 3 nitrogen and oxygen atoms in total. The van der Waals surface area contributed by atoms with Gasteiger partial charge in [0, 0.05) is 19.1 Å². The largest absolute Gasteiger partial charge is 0.390 e. The minimum Gasteiger partial charge on any atom is -0.390 e. The number of hydrogen-bond donors (Lipinski definition) is 2. The minimum atomic E-state index is -0.237. The van der Waals surface area contributed by atoms with E-state index in [4.69, 9.17) is 0 Å². The van der Waals surface area contributed by atoms with E-state index < -0.39 is 0 Å². The molecule has 0 aliphatic heterocycles. The smallest absolute Gasteiger partial charge is 0.0791 e. The Morgan fingerprint density at radius 1 is 1.38 bits per heavy atom. The average Bonchev–Trinajstić information content (AvgIpc) is 2.26. The Balaban J connectivity index is 2.29. The lowest BCUT2D eigenvalue weighted by molar-refractivity contribution is 0.0713. The van der Waals surface area contributed by atoms with E-state index in [0.29, 0.717) is 12.6 Å². The highest BCUT2D eigenvalue weighted by Crippen LogP contribution is 2.27. The Kier molecular flexibility index (Phi) is 6.32. The van der Waals surface area contributed by atoms with E-state index in [0.717, 1.165) is 19.0 Å². The first kappa shape index (κ1) is 13.9. The van der Waals surface area contributed by atoms with Crippen LogP contribution < -0.4 is 5.32 Å². The normalized spacial score (nSPS) is 28.3. The van der Waals surface area contributed by atoms with E-state index in [9.17, 15) is 5.11 Å². The predicted octanol–water partition coefficient (Wildman–Crippen LogP) is 1.47. The highest BCUT2D eigenvalue weighted by atomic mass is 16.3. The van der Waals surface area contributed by atoms with Crippen LogP contribution in [-0.4, -0.2) is 48.8 Å². The molecule has 1 aliphatic rings. The summed E-state index contributed by atoms with van der Waals surface area (Å²) in [7, 11) is 2.15. The lowest BCUT2D eigenvalue weighted by atomic mass is 9.85. The Morgan fingerprint density at radius 3 is 2.69 bits per heavy atom. The van der Waals surface area contributed by atoms with Gasteiger partial charge in [-0.25, -0.2) is 0 Å². The monoisotopic (exact) mass is 228 g/mol. The number of nitrogens with one attached hydrogen (secondary N) is 1. The van der Waals surface area contributed by atoms with Crippen LogP contribution in [0.4, 0.5) is 0 Å². The lowest BCUT2D eigenvalue weighted by Gasteiger charge is -2.37. The lowest BCUT2D eigenvalue weighted by Crippen LogP contribution is -2.45. The summed E-state index contributed by atoms with van der Waals surface area (Å²) in [5.74, 6) is 0.782. The number of hydrogen-bond acceptors (Lipinski definition) is 3. The molecule has 96 valence electrons. The maximum atomic E-state index is 9.86. The van der Waals surface area contributed by atoms with Crippen molar-refractivity contribution in [2.75, 3.05) is 26.7 Å². The third-order valence-corrected chi connectivity index (χ3v) is 3.76. The summed E-state index contributed by atoms with van der Waals surface area (Å²) < 4.78 is 0. The summed E-state index contributed by atoms with van der Waals surface area (Å²) in [4.78, 5) is 2.35. The van der Waals surface area contributed by atoms with Crippen molar-refractivity contribution in [1.29, 1.82) is 0 Å². The highest BCUT2D eigenvalue weighted by Gasteiger charge is 2.25. The fourth-order valence-corrected chi connectivity index (χ4v) is 2.79. The first-order chi connectivity index (χ1) is 7.65. The van der Waals surface area contributed by atoms with Gasteiger partial charge in [0.05, 0.1) is 6.10 Å². The molecule has 0 saturated heterocycles. The molecular formula is C13H28N2O. The van der Waals surface area contributed by atoms with Crippen LogP contribution in [0.1, 0.15) is 39.5 Å². The van der Waals surface area contributed by atoms with Crippen LogP contribution in [0.2, 0.25) is 0 Å². The van der Waals surface area contributed by atoms with Gasteiger partial charge in [-0.1, -0.05) is 26.7 Å². The summed E-state index contributed by atoms with van der Waals surface area (Å²) in [6, 6.07) is 0.671. The van der Waals surface area contributed by atoms with Crippen LogP contribution in [0.15, 0.2) is 0 Å². The number of likely N-dealkylation sites (N-methyl/N-ethyl adjacent to an activating group) is 2. The molecule has 0 aromatic heterocycles. The molecule has 0 radical (unpaired) electrons. The zero-order valence-electron chi connectivity index (χ0n) is 11.1. The van der Waals surface area contributed by atoms with Crippen LogP contribution in [0, 0.1) is 5.92 Å². The number of nitrogens with zero attached hydrogens (tertiary/aromatic N) is 1. The first-order valence-corrected chi connectivity index (χ1v) is 6.74. The molecule has 0 spiro atoms. The molecule has 0 aromatic carbocycles. The molecule has 16 heavy (non-hydrogen) atoms. The fraction of sp³-hybridized carbons (Fsp3) is 1.00. The van der Waals surface area contributed by atoms with Crippen molar-refractivity contribution in [3.05, 3.63) is 0 Å². The molecule has 1 fully saturated rings. The quantitative estimate of drug-likeness (QED) is 0.722. The first-order valence-electron chi connectivity index (χ1n) is 6.74. The van der Waals surface area contributed by atoms with E-state index in [1.54, 1.807) is 0 Å². The highest BCUT2D eigenvalue weighted by molar-refractivity contribution is 4.80. The molecule has 0 bridgehead atoms. The topological polar surface area (TPSA) is 35.5 Å². The van der Waals surface area contributed by atoms with Gasteiger partial charge >= 0.3 is 0 Å². The Bertz CT molecular complexity index is 187. The zero-order valence-corrected chi connectivity index (χ0v) is 11.1. The third-order valence-electron chi connectivity index (χ3n) is 3.76. The third kappa shape index (κ3) is 4.40. The van der Waals surface area contributed by atoms with Gasteiger partial charge in [0.2, 0.25) is 0 Å². The summed E-state index contributed by atoms with van der Waals surface area (Å²) in [5, 5.41) is 13.1. The average molecular weight is 228 g/mol. The van der Waals surface area contributed by atoms with Gasteiger partial charge in [-0.15, -0.1) is 0 Å². The van der Waals surface area contributed by atoms with Crippen LogP contribution in [-0.2, 0) is 0 Å². The predicted molar refractivity (Wildman–Crippen MR) is 68.6 cm³/mol. The molecule has 0 heterocycles. The van der Waals surface area contributed by atoms with Crippen molar-refractivity contribution in [2.24, 2.45) is 5.92 Å². The summed E-state index contributed by atoms with van der Waals surface area (Å²) in [5.41, 5.74) is 0. The molecule has 0 amide bonds. The molecule has 3 heteroatoms. The molecular weight excluding hydrogens is 200 g/mol. The molecule has 0 aromatic rings. The molecule has 3 atom stereocenters. The van der Waals surface area contributed by atoms with Gasteiger partial charge in [0.15, 0.2) is 0 Å². The Hall–Kier alpha value is -0.120. The van der Waals surface area contributed by atoms with Crippen molar-refractivity contribution in [1.82, 2.24) is 10.2 Å². The van der Waals surface area contributed by atoms with Crippen molar-refractivity contribution < 1.29 is 5.11 Å². The maximum Gasteiger partial charge on any atom is 0.0791 e. The molecule has 1 rings (SSSR count). The van der Waals surface area contributed by atoms with Gasteiger partial charge in [0.1, 0.15) is 0 Å². The van der Waals surface area contributed by atoms with E-state index in [-0.39, 0.29) is 6.10 Å². The second kappa shape index (κ2) is 7.25. The second-order valence-electron chi connectivity index (χ2n) is 5.23. The van der Waals surface area contributed by atoms with Gasteiger partial charge < -0.3 is 15.3 Å². The van der Waals surface area contributed by atoms with Gasteiger partial charge in [-0.3, -0.25) is 0 Å². The Morgan fingerprint density at radius 2 is 2.06 bits per heavy atom. The van der Waals surface area contributed by atoms with Gasteiger partial charge in [-0.05, 0) is 32.4 Å². The summed E-state index contributed by atoms with van der Waals surface area (Å²) in [6.45, 7) is 6.85. The van der Waals surface area contributed by atoms with Crippen LogP contribution in [0.5, 0.6) is 0 Å². The maximum absolute atomic E-state index is 9.86. The minimum absolute atomic E-state index is 0.237. The summed E-state index contributed by atoms with van der Waals surface area (Å²) in [6.07, 6.45) is 5.14. The molecule has 2 N–H and O–H groups in total.